The van der Waals surface area contributed by atoms with Crippen molar-refractivity contribution in [3.8, 4) is 0 Å². The molecule has 176 valence electrons. The van der Waals surface area contributed by atoms with Crippen LogP contribution in [0.25, 0.3) is 0 Å². The quantitative estimate of drug-likeness (QED) is 0.394. The molecule has 0 saturated heterocycles. The number of hydrogen-bond donors (Lipinski definition) is 4. The van der Waals surface area contributed by atoms with Crippen LogP contribution in [0, 0.1) is 16.7 Å². The lowest BCUT2D eigenvalue weighted by Gasteiger charge is -2.38. The van der Waals surface area contributed by atoms with E-state index >= 15 is 0 Å². The van der Waals surface area contributed by atoms with Crippen molar-refractivity contribution in [3.63, 3.8) is 0 Å². The molecule has 10 heteroatoms. The summed E-state index contributed by atoms with van der Waals surface area (Å²) in [5.74, 6) is -3.73. The number of carbonyl (C=O) groups excluding carboxylic acids is 2. The molecule has 0 heterocycles. The van der Waals surface area contributed by atoms with E-state index in [0.717, 1.165) is 0 Å². The zero-order valence-corrected chi connectivity index (χ0v) is 19.7. The summed E-state index contributed by atoms with van der Waals surface area (Å²) in [6.07, 6.45) is 1.07. The van der Waals surface area contributed by atoms with E-state index in [2.05, 4.69) is 10.6 Å². The second kappa shape index (κ2) is 10.1. The Morgan fingerprint density at radius 2 is 1.72 bits per heavy atom. The minimum Gasteiger partial charge on any atom is -0.481 e. The predicted octanol–water partition coefficient (Wildman–Crippen LogP) is 3.60. The number of halogens is 2. The van der Waals surface area contributed by atoms with Gasteiger partial charge >= 0.3 is 11.9 Å². The fourth-order valence-electron chi connectivity index (χ4n) is 4.18. The minimum absolute atomic E-state index is 0.0843. The van der Waals surface area contributed by atoms with E-state index in [9.17, 15) is 29.4 Å². The van der Waals surface area contributed by atoms with Gasteiger partial charge in [-0.25, -0.2) is 4.79 Å². The topological polar surface area (TPSA) is 133 Å². The Kier molecular flexibility index (Phi) is 8.17. The molecule has 0 radical (unpaired) electrons. The Bertz CT molecular complexity index is 899. The fraction of sp³-hybridized carbons (Fsp3) is 0.545. The van der Waals surface area contributed by atoms with E-state index in [4.69, 9.17) is 23.2 Å². The summed E-state index contributed by atoms with van der Waals surface area (Å²) < 4.78 is 0. The van der Waals surface area contributed by atoms with Crippen molar-refractivity contribution >= 4 is 47.0 Å². The second-order valence-corrected chi connectivity index (χ2v) is 9.66. The van der Waals surface area contributed by atoms with Crippen LogP contribution in [0.1, 0.15) is 56.8 Å². The molecule has 8 nitrogen and oxygen atoms in total. The van der Waals surface area contributed by atoms with E-state index in [0.29, 0.717) is 12.8 Å². The highest BCUT2D eigenvalue weighted by molar-refractivity contribution is 6.39. The molecule has 2 amide bonds. The highest BCUT2D eigenvalue weighted by atomic mass is 35.5. The van der Waals surface area contributed by atoms with Gasteiger partial charge in [-0.3, -0.25) is 14.4 Å². The summed E-state index contributed by atoms with van der Waals surface area (Å²) in [5.41, 5.74) is -1.77. The van der Waals surface area contributed by atoms with Gasteiger partial charge in [-0.2, -0.15) is 0 Å². The molecular formula is C22H28Cl2N2O6. The molecular weight excluding hydrogens is 459 g/mol. The summed E-state index contributed by atoms with van der Waals surface area (Å²) in [7, 11) is 0. The predicted molar refractivity (Wildman–Crippen MR) is 120 cm³/mol. The number of hydrogen-bond acceptors (Lipinski definition) is 4. The fourth-order valence-corrected chi connectivity index (χ4v) is 4.75. The molecule has 32 heavy (non-hydrogen) atoms. The zero-order valence-electron chi connectivity index (χ0n) is 18.2. The standard InChI is InChI=1S/C22H28Cl2N2O6/c1-21(2)12(9-10-22(21,3)20(31)32)17(27)26-15(19(29)30)8-5-11-25-18(28)16-13(23)6-4-7-14(16)24/h4,6-7,12,15H,5,8-11H2,1-3H3,(H,25,28)(H,26,27)(H,29,30)(H,31,32)/t12-,15-,22-/m0/s1. The van der Waals surface area contributed by atoms with Crippen molar-refractivity contribution in [1.82, 2.24) is 10.6 Å². The molecule has 1 fully saturated rings. The smallest absolute Gasteiger partial charge is 0.326 e. The van der Waals surface area contributed by atoms with Crippen molar-refractivity contribution in [3.05, 3.63) is 33.8 Å². The van der Waals surface area contributed by atoms with Crippen molar-refractivity contribution in [2.24, 2.45) is 16.7 Å². The number of benzene rings is 1. The number of carboxylic acids is 2. The Balaban J connectivity index is 1.93. The Labute approximate surface area is 196 Å². The Morgan fingerprint density at radius 1 is 1.12 bits per heavy atom. The first-order valence-electron chi connectivity index (χ1n) is 10.3. The highest BCUT2D eigenvalue weighted by Crippen LogP contribution is 2.56. The summed E-state index contributed by atoms with van der Waals surface area (Å²) in [6, 6.07) is 3.54. The molecule has 0 unspecified atom stereocenters. The second-order valence-electron chi connectivity index (χ2n) is 8.84. The molecule has 1 aromatic rings. The summed E-state index contributed by atoms with van der Waals surface area (Å²) >= 11 is 12.0. The molecule has 0 spiro atoms. The van der Waals surface area contributed by atoms with Crippen LogP contribution in [0.5, 0.6) is 0 Å². The Morgan fingerprint density at radius 3 is 2.22 bits per heavy atom. The zero-order chi connectivity index (χ0) is 24.3. The number of carbonyl (C=O) groups is 4. The molecule has 0 aliphatic heterocycles. The summed E-state index contributed by atoms with van der Waals surface area (Å²) in [5, 5.41) is 24.7. The average Bonchev–Trinajstić information content (AvgIpc) is 2.94. The van der Waals surface area contributed by atoms with Gasteiger partial charge in [0, 0.05) is 12.5 Å². The molecule has 1 aromatic carbocycles. The van der Waals surface area contributed by atoms with Gasteiger partial charge in [0.2, 0.25) is 5.91 Å². The van der Waals surface area contributed by atoms with Crippen molar-refractivity contribution < 1.29 is 29.4 Å². The lowest BCUT2D eigenvalue weighted by atomic mass is 9.65. The molecule has 1 aliphatic carbocycles. The third-order valence-electron chi connectivity index (χ3n) is 6.77. The van der Waals surface area contributed by atoms with Crippen LogP contribution >= 0.6 is 23.2 Å². The third-order valence-corrected chi connectivity index (χ3v) is 7.40. The summed E-state index contributed by atoms with van der Waals surface area (Å²) in [4.78, 5) is 48.5. The average molecular weight is 487 g/mol. The van der Waals surface area contributed by atoms with Gasteiger partial charge in [-0.05, 0) is 50.2 Å². The molecule has 3 atom stereocenters. The van der Waals surface area contributed by atoms with Crippen LogP contribution in [-0.2, 0) is 14.4 Å². The van der Waals surface area contributed by atoms with Crippen LogP contribution in [0.15, 0.2) is 18.2 Å². The van der Waals surface area contributed by atoms with E-state index in [1.165, 1.54) is 12.1 Å². The molecule has 4 N–H and O–H groups in total. The first kappa shape index (κ1) is 25.9. The van der Waals surface area contributed by atoms with Gasteiger partial charge in [0.25, 0.3) is 5.91 Å². The first-order chi connectivity index (χ1) is 14.8. The maximum absolute atomic E-state index is 12.8. The van der Waals surface area contributed by atoms with Gasteiger partial charge in [0.15, 0.2) is 0 Å². The molecule has 2 rings (SSSR count). The highest BCUT2D eigenvalue weighted by Gasteiger charge is 2.58. The molecule has 1 saturated carbocycles. The summed E-state index contributed by atoms with van der Waals surface area (Å²) in [6.45, 7) is 5.23. The van der Waals surface area contributed by atoms with Gasteiger partial charge in [0.1, 0.15) is 6.04 Å². The van der Waals surface area contributed by atoms with Crippen LogP contribution in [-0.4, -0.2) is 46.6 Å². The maximum atomic E-state index is 12.8. The van der Waals surface area contributed by atoms with E-state index in [1.54, 1.807) is 26.8 Å². The number of rotatable bonds is 9. The van der Waals surface area contributed by atoms with Gasteiger partial charge < -0.3 is 20.8 Å². The number of nitrogens with one attached hydrogen (secondary N) is 2. The van der Waals surface area contributed by atoms with E-state index in [1.807, 2.05) is 0 Å². The minimum atomic E-state index is -1.20. The lowest BCUT2D eigenvalue weighted by molar-refractivity contribution is -0.155. The molecule has 0 aromatic heterocycles. The number of amides is 2. The lowest BCUT2D eigenvalue weighted by Crippen LogP contribution is -2.49. The van der Waals surface area contributed by atoms with Crippen LogP contribution in [0.3, 0.4) is 0 Å². The van der Waals surface area contributed by atoms with Gasteiger partial charge in [0.05, 0.1) is 21.0 Å². The first-order valence-corrected chi connectivity index (χ1v) is 11.1. The van der Waals surface area contributed by atoms with E-state index < -0.39 is 46.5 Å². The molecule has 0 bridgehead atoms. The van der Waals surface area contributed by atoms with Crippen molar-refractivity contribution in [2.45, 2.75) is 52.5 Å². The molecule has 1 aliphatic rings. The van der Waals surface area contributed by atoms with Crippen molar-refractivity contribution in [1.29, 1.82) is 0 Å². The van der Waals surface area contributed by atoms with Crippen LogP contribution in [0.4, 0.5) is 0 Å². The normalized spacial score (nSPS) is 22.7. The Hall–Kier alpha value is -2.32. The monoisotopic (exact) mass is 486 g/mol. The number of carboxylic acid groups (broad SMARTS) is 2. The third kappa shape index (κ3) is 5.18. The van der Waals surface area contributed by atoms with Crippen LogP contribution < -0.4 is 10.6 Å². The largest absolute Gasteiger partial charge is 0.481 e. The van der Waals surface area contributed by atoms with Crippen LogP contribution in [0.2, 0.25) is 10.0 Å². The van der Waals surface area contributed by atoms with Gasteiger partial charge in [-0.15, -0.1) is 0 Å². The van der Waals surface area contributed by atoms with Gasteiger partial charge in [-0.1, -0.05) is 43.1 Å². The van der Waals surface area contributed by atoms with Crippen molar-refractivity contribution in [2.75, 3.05) is 6.54 Å². The SMILES string of the molecule is CC1(C)[C@H](C(=O)N[C@@H](CCCNC(=O)c2c(Cl)cccc2Cl)C(=O)O)CC[C@@]1(C)C(=O)O. The van der Waals surface area contributed by atoms with E-state index in [-0.39, 0.29) is 35.0 Å². The maximum Gasteiger partial charge on any atom is 0.326 e. The number of aliphatic carboxylic acids is 2.